The van der Waals surface area contributed by atoms with E-state index in [1.54, 1.807) is 0 Å². The van der Waals surface area contributed by atoms with Crippen LogP contribution >= 0.6 is 0 Å². The van der Waals surface area contributed by atoms with Crippen LogP contribution in [0.15, 0.2) is 30.4 Å². The topological polar surface area (TPSA) is 70.4 Å². The van der Waals surface area contributed by atoms with Gasteiger partial charge in [-0.05, 0) is 74.4 Å². The van der Waals surface area contributed by atoms with Gasteiger partial charge in [0.2, 0.25) is 0 Å². The molecule has 0 bridgehead atoms. The Balaban J connectivity index is 1.87. The fourth-order valence-electron chi connectivity index (χ4n) is 5.60. The van der Waals surface area contributed by atoms with E-state index < -0.39 is 19.8 Å². The average Bonchev–Trinajstić information content (AvgIpc) is 3.17. The second kappa shape index (κ2) is 12.9. The van der Waals surface area contributed by atoms with Gasteiger partial charge in [0.05, 0.1) is 17.1 Å². The summed E-state index contributed by atoms with van der Waals surface area (Å²) in [5, 5.41) is 0.0588. The summed E-state index contributed by atoms with van der Waals surface area (Å²) in [5.74, 6) is 0.838. The molecule has 7 heteroatoms. The summed E-state index contributed by atoms with van der Waals surface area (Å²) in [5.41, 5.74) is 2.24. The Hall–Kier alpha value is -2.25. The van der Waals surface area contributed by atoms with Gasteiger partial charge in [-0.1, -0.05) is 66.7 Å². The minimum absolute atomic E-state index is 0.0588. The van der Waals surface area contributed by atoms with E-state index in [0.717, 1.165) is 41.7 Å². The summed E-state index contributed by atoms with van der Waals surface area (Å²) in [7, 11) is -0.0853. The number of carbonyl (C=O) groups excluding carboxylic acids is 2. The van der Waals surface area contributed by atoms with Gasteiger partial charge in [0.15, 0.2) is 8.32 Å². The van der Waals surface area contributed by atoms with E-state index in [2.05, 4.69) is 62.5 Å². The number of rotatable bonds is 3. The minimum atomic E-state index is -2.09. The largest absolute Gasteiger partial charge is 0.457 e. The summed E-state index contributed by atoms with van der Waals surface area (Å²) in [4.78, 5) is 31.8. The maximum absolute atomic E-state index is 14.0. The molecule has 0 amide bonds. The normalized spacial score (nSPS) is 26.6. The number of carbonyl (C=O) groups is 2. The number of hydrogen-bond acceptors (Lipinski definition) is 5. The average molecular weight is 583 g/mol. The van der Waals surface area contributed by atoms with Crippen molar-refractivity contribution in [2.75, 3.05) is 0 Å². The summed E-state index contributed by atoms with van der Waals surface area (Å²) in [6.07, 6.45) is 8.00. The molecule has 1 aliphatic rings. The summed E-state index contributed by atoms with van der Waals surface area (Å²) < 4.78 is 15.1. The number of esters is 1. The molecule has 3 rings (SSSR count). The van der Waals surface area contributed by atoms with Crippen LogP contribution in [0.2, 0.25) is 18.1 Å². The molecule has 41 heavy (non-hydrogen) atoms. The predicted molar refractivity (Wildman–Crippen MR) is 170 cm³/mol. The first-order valence-electron chi connectivity index (χ1n) is 15.4. The number of ketones is 1. The van der Waals surface area contributed by atoms with Crippen molar-refractivity contribution in [3.8, 4) is 0 Å². The van der Waals surface area contributed by atoms with Gasteiger partial charge >= 0.3 is 5.97 Å². The highest BCUT2D eigenvalue weighted by molar-refractivity contribution is 6.74. The lowest BCUT2D eigenvalue weighted by atomic mass is 9.74. The van der Waals surface area contributed by atoms with Crippen molar-refractivity contribution in [3.05, 3.63) is 41.7 Å². The molecule has 0 spiro atoms. The summed E-state index contributed by atoms with van der Waals surface area (Å²) >= 11 is 0. The van der Waals surface area contributed by atoms with Crippen molar-refractivity contribution >= 4 is 31.1 Å². The molecule has 0 radical (unpaired) electrons. The van der Waals surface area contributed by atoms with E-state index in [1.165, 1.54) is 0 Å². The van der Waals surface area contributed by atoms with Gasteiger partial charge in [-0.3, -0.25) is 9.59 Å². The van der Waals surface area contributed by atoms with E-state index >= 15 is 0 Å². The number of Topliss-reactive ketones (excluding diaryl/α,β-unsaturated/α-hetero) is 1. The molecule has 0 unspecified atom stereocenters. The highest BCUT2D eigenvalue weighted by Gasteiger charge is 2.44. The highest BCUT2D eigenvalue weighted by Crippen LogP contribution is 2.41. The lowest BCUT2D eigenvalue weighted by Crippen LogP contribution is -2.50. The quantitative estimate of drug-likeness (QED) is 0.206. The van der Waals surface area contributed by atoms with Crippen molar-refractivity contribution in [3.63, 3.8) is 0 Å². The molecule has 0 N–H and O–H groups in total. The van der Waals surface area contributed by atoms with Crippen LogP contribution in [0.1, 0.15) is 104 Å². The Kier molecular flexibility index (Phi) is 10.5. The van der Waals surface area contributed by atoms with Crippen LogP contribution in [0.4, 0.5) is 0 Å². The molecule has 228 valence electrons. The number of allylic oxidation sites excluding steroid dienone is 1. The number of fused-ring (bicyclic) bond motifs is 1. The molecule has 1 aliphatic heterocycles. The third-order valence-electron chi connectivity index (χ3n) is 9.65. The molecule has 0 saturated heterocycles. The van der Waals surface area contributed by atoms with Crippen molar-refractivity contribution in [2.45, 2.75) is 124 Å². The molecule has 0 saturated carbocycles. The lowest BCUT2D eigenvalue weighted by molar-refractivity contribution is -0.150. The first-order valence-corrected chi connectivity index (χ1v) is 18.3. The molecule has 6 nitrogen and oxygen atoms in total. The third-order valence-corrected chi connectivity index (χ3v) is 14.1. The second-order valence-corrected chi connectivity index (χ2v) is 19.2. The third kappa shape index (κ3) is 7.98. The van der Waals surface area contributed by atoms with Crippen LogP contribution in [-0.2, 0) is 25.8 Å². The minimum Gasteiger partial charge on any atom is -0.457 e. The fraction of sp³-hybridized carbons (Fsp3) is 0.676. The smallest absolute Gasteiger partial charge is 0.306 e. The Morgan fingerprint density at radius 1 is 1.12 bits per heavy atom. The van der Waals surface area contributed by atoms with Gasteiger partial charge in [0, 0.05) is 31.2 Å². The summed E-state index contributed by atoms with van der Waals surface area (Å²) in [6, 6.07) is 6.12. The van der Waals surface area contributed by atoms with Gasteiger partial charge in [-0.15, -0.1) is 0 Å². The van der Waals surface area contributed by atoms with E-state index in [9.17, 15) is 9.59 Å². The van der Waals surface area contributed by atoms with Gasteiger partial charge in [0.1, 0.15) is 17.7 Å². The summed E-state index contributed by atoms with van der Waals surface area (Å²) in [6.45, 7) is 21.5. The molecular weight excluding hydrogens is 528 g/mol. The maximum atomic E-state index is 14.0. The Morgan fingerprint density at radius 2 is 1.80 bits per heavy atom. The van der Waals surface area contributed by atoms with Crippen LogP contribution in [0.3, 0.4) is 0 Å². The van der Waals surface area contributed by atoms with E-state index in [4.69, 9.17) is 9.16 Å². The molecule has 1 aromatic carbocycles. The van der Waals surface area contributed by atoms with Crippen LogP contribution in [0.5, 0.6) is 0 Å². The van der Waals surface area contributed by atoms with Crippen molar-refractivity contribution in [2.24, 2.45) is 24.3 Å². The number of cyclic esters (lactones) is 1. The van der Waals surface area contributed by atoms with E-state index in [0.29, 0.717) is 12.8 Å². The SMILES string of the molecule is Cc1nc2cc([C@@H]3C/C=C/CCC[C@H](C)[C@H](O[Si](C)(C)C(C)(C)C)[C@@H](C)C(=O)C(C)(C)CCC(=O)O3)ccc2n1C. The Morgan fingerprint density at radius 3 is 2.46 bits per heavy atom. The standard InChI is InChI=1S/C34H54N2O4Si/c1-23-16-14-12-13-15-17-29(26-18-19-28-27(22-26)35-25(3)36(28)9)39-30(37)20-21-34(7,8)32(38)24(2)31(23)40-41(10,11)33(4,5)6/h13,15,18-19,22-24,29,31H,12,14,16-17,20-21H2,1-11H3/b15-13+/t23-,24+,29-,31-/m0/s1. The van der Waals surface area contributed by atoms with Gasteiger partial charge in [0.25, 0.3) is 0 Å². The Labute approximate surface area is 249 Å². The van der Waals surface area contributed by atoms with Crippen molar-refractivity contribution in [1.82, 2.24) is 9.55 Å². The molecule has 2 aromatic rings. The number of hydrogen-bond donors (Lipinski definition) is 0. The van der Waals surface area contributed by atoms with Crippen LogP contribution in [0.25, 0.3) is 11.0 Å². The highest BCUT2D eigenvalue weighted by atomic mass is 28.4. The zero-order valence-corrected chi connectivity index (χ0v) is 28.5. The van der Waals surface area contributed by atoms with Crippen molar-refractivity contribution < 1.29 is 18.8 Å². The number of aromatic nitrogens is 2. The molecule has 2 heterocycles. The van der Waals surface area contributed by atoms with Gasteiger partial charge in [-0.2, -0.15) is 0 Å². The maximum Gasteiger partial charge on any atom is 0.306 e. The number of benzene rings is 1. The first-order chi connectivity index (χ1) is 18.9. The molecule has 1 aromatic heterocycles. The monoisotopic (exact) mass is 582 g/mol. The van der Waals surface area contributed by atoms with Crippen LogP contribution < -0.4 is 0 Å². The van der Waals surface area contributed by atoms with E-state index in [1.807, 2.05) is 52.9 Å². The Bertz CT molecular complexity index is 1250. The number of nitrogens with zero attached hydrogens (tertiary/aromatic N) is 2. The van der Waals surface area contributed by atoms with Gasteiger partial charge in [-0.25, -0.2) is 4.98 Å². The zero-order valence-electron chi connectivity index (χ0n) is 27.5. The number of aryl methyl sites for hydroxylation is 2. The van der Waals surface area contributed by atoms with Crippen molar-refractivity contribution in [1.29, 1.82) is 0 Å². The van der Waals surface area contributed by atoms with Gasteiger partial charge < -0.3 is 13.7 Å². The lowest BCUT2D eigenvalue weighted by Gasteiger charge is -2.43. The van der Waals surface area contributed by atoms with Crippen LogP contribution in [-0.4, -0.2) is 35.7 Å². The molecule has 0 aliphatic carbocycles. The molecule has 4 atom stereocenters. The second-order valence-electron chi connectivity index (χ2n) is 14.4. The zero-order chi connectivity index (χ0) is 30.8. The number of imidazole rings is 1. The fourth-order valence-corrected chi connectivity index (χ4v) is 7.07. The molecule has 0 fully saturated rings. The number of ether oxygens (including phenoxy) is 1. The van der Waals surface area contributed by atoms with E-state index in [-0.39, 0.29) is 41.2 Å². The predicted octanol–water partition coefficient (Wildman–Crippen LogP) is 8.63. The van der Waals surface area contributed by atoms with Crippen LogP contribution in [0, 0.1) is 24.2 Å². The molecular formula is C34H54N2O4Si. The first kappa shape index (κ1) is 33.3.